The standard InChI is InChI=1S/C19H19N3OS2/c1-13-20-17(12-25-13)14-4-6-16(7-5-14)21-19(23)22-9-2-3-18(22)15-8-10-24-11-15/h4-8,10-12,18H,2-3,9H2,1H3,(H,21,23). The van der Waals surface area contributed by atoms with Crippen molar-refractivity contribution in [1.29, 1.82) is 0 Å². The number of nitrogens with one attached hydrogen (secondary N) is 1. The number of hydrogen-bond acceptors (Lipinski definition) is 4. The third-order valence-corrected chi connectivity index (χ3v) is 5.97. The van der Waals surface area contributed by atoms with Gasteiger partial charge in [0.05, 0.1) is 16.7 Å². The smallest absolute Gasteiger partial charge is 0.317 e. The van der Waals surface area contributed by atoms with Crippen LogP contribution in [0.5, 0.6) is 0 Å². The number of carbonyl (C=O) groups is 1. The predicted octanol–water partition coefficient (Wildman–Crippen LogP) is 5.55. The molecule has 2 aromatic heterocycles. The van der Waals surface area contributed by atoms with E-state index in [0.29, 0.717) is 0 Å². The second kappa shape index (κ2) is 6.98. The highest BCUT2D eigenvalue weighted by molar-refractivity contribution is 7.09. The van der Waals surface area contributed by atoms with E-state index in [1.54, 1.807) is 22.7 Å². The third kappa shape index (κ3) is 3.45. The quantitative estimate of drug-likeness (QED) is 0.658. The van der Waals surface area contributed by atoms with Crippen LogP contribution in [-0.4, -0.2) is 22.5 Å². The molecule has 0 bridgehead atoms. The summed E-state index contributed by atoms with van der Waals surface area (Å²) in [7, 11) is 0. The number of thiazole rings is 1. The molecular formula is C19H19N3OS2. The number of likely N-dealkylation sites (tertiary alicyclic amines) is 1. The predicted molar refractivity (Wildman–Crippen MR) is 104 cm³/mol. The number of nitrogens with zero attached hydrogens (tertiary/aromatic N) is 2. The highest BCUT2D eigenvalue weighted by atomic mass is 32.1. The Labute approximate surface area is 155 Å². The Balaban J connectivity index is 1.45. The fraction of sp³-hybridized carbons (Fsp3) is 0.263. The molecule has 0 saturated carbocycles. The Bertz CT molecular complexity index is 855. The van der Waals surface area contributed by atoms with E-state index in [4.69, 9.17) is 0 Å². The molecule has 2 amide bonds. The molecule has 1 atom stereocenters. The minimum atomic E-state index is -0.0223. The minimum absolute atomic E-state index is 0.0223. The average molecular weight is 370 g/mol. The highest BCUT2D eigenvalue weighted by Gasteiger charge is 2.30. The van der Waals surface area contributed by atoms with Gasteiger partial charge in [0.2, 0.25) is 0 Å². The molecule has 6 heteroatoms. The van der Waals surface area contributed by atoms with E-state index in [1.807, 2.05) is 36.1 Å². The van der Waals surface area contributed by atoms with Crippen molar-refractivity contribution in [1.82, 2.24) is 9.88 Å². The van der Waals surface area contributed by atoms with Gasteiger partial charge in [0.15, 0.2) is 0 Å². The fourth-order valence-electron chi connectivity index (χ4n) is 3.24. The summed E-state index contributed by atoms with van der Waals surface area (Å²) in [5, 5.41) is 10.4. The zero-order chi connectivity index (χ0) is 17.2. The monoisotopic (exact) mass is 369 g/mol. The first-order chi connectivity index (χ1) is 12.2. The van der Waals surface area contributed by atoms with Crippen molar-refractivity contribution in [3.8, 4) is 11.3 Å². The van der Waals surface area contributed by atoms with Crippen molar-refractivity contribution >= 4 is 34.4 Å². The number of aryl methyl sites for hydroxylation is 1. The maximum atomic E-state index is 12.7. The third-order valence-electron chi connectivity index (χ3n) is 4.49. The largest absolute Gasteiger partial charge is 0.322 e. The van der Waals surface area contributed by atoms with Gasteiger partial charge in [0.25, 0.3) is 0 Å². The molecule has 1 aromatic carbocycles. The lowest BCUT2D eigenvalue weighted by Gasteiger charge is -2.24. The van der Waals surface area contributed by atoms with Crippen molar-refractivity contribution < 1.29 is 4.79 Å². The number of amides is 2. The van der Waals surface area contributed by atoms with Crippen LogP contribution in [0, 0.1) is 6.92 Å². The van der Waals surface area contributed by atoms with Crippen molar-refractivity contribution in [2.24, 2.45) is 0 Å². The Hall–Kier alpha value is -2.18. The van der Waals surface area contributed by atoms with Gasteiger partial charge in [-0.25, -0.2) is 9.78 Å². The number of hydrogen-bond donors (Lipinski definition) is 1. The van der Waals surface area contributed by atoms with E-state index < -0.39 is 0 Å². The normalized spacial score (nSPS) is 17.0. The number of urea groups is 1. The molecule has 1 N–H and O–H groups in total. The fourth-order valence-corrected chi connectivity index (χ4v) is 4.57. The summed E-state index contributed by atoms with van der Waals surface area (Å²) in [5.74, 6) is 0. The first kappa shape index (κ1) is 16.3. The van der Waals surface area contributed by atoms with Crippen LogP contribution in [0.15, 0.2) is 46.5 Å². The van der Waals surface area contributed by atoms with Gasteiger partial charge in [-0.15, -0.1) is 11.3 Å². The van der Waals surface area contributed by atoms with Crippen LogP contribution in [0.1, 0.15) is 29.5 Å². The summed E-state index contributed by atoms with van der Waals surface area (Å²) in [6, 6.07) is 10.2. The summed E-state index contributed by atoms with van der Waals surface area (Å²) in [6.45, 7) is 2.81. The van der Waals surface area contributed by atoms with E-state index in [-0.39, 0.29) is 12.1 Å². The van der Waals surface area contributed by atoms with E-state index >= 15 is 0 Å². The molecule has 0 radical (unpaired) electrons. The van der Waals surface area contributed by atoms with Crippen molar-refractivity contribution in [2.45, 2.75) is 25.8 Å². The Morgan fingerprint density at radius 1 is 1.24 bits per heavy atom. The molecular weight excluding hydrogens is 350 g/mol. The summed E-state index contributed by atoms with van der Waals surface area (Å²) >= 11 is 3.33. The summed E-state index contributed by atoms with van der Waals surface area (Å²) in [6.07, 6.45) is 2.09. The van der Waals surface area contributed by atoms with Crippen LogP contribution < -0.4 is 5.32 Å². The van der Waals surface area contributed by atoms with Crippen LogP contribution in [0.4, 0.5) is 10.5 Å². The lowest BCUT2D eigenvalue weighted by Crippen LogP contribution is -2.34. The molecule has 3 heterocycles. The van der Waals surface area contributed by atoms with Crippen molar-refractivity contribution in [3.63, 3.8) is 0 Å². The molecule has 1 fully saturated rings. The molecule has 0 spiro atoms. The van der Waals surface area contributed by atoms with Gasteiger partial charge in [-0.2, -0.15) is 11.3 Å². The van der Waals surface area contributed by atoms with Gasteiger partial charge in [-0.05, 0) is 54.3 Å². The zero-order valence-corrected chi connectivity index (χ0v) is 15.6. The second-order valence-corrected chi connectivity index (χ2v) is 8.01. The van der Waals surface area contributed by atoms with Crippen molar-refractivity contribution in [2.75, 3.05) is 11.9 Å². The van der Waals surface area contributed by atoms with Gasteiger partial charge in [-0.1, -0.05) is 12.1 Å². The molecule has 1 unspecified atom stereocenters. The molecule has 0 aliphatic carbocycles. The lowest BCUT2D eigenvalue weighted by atomic mass is 10.1. The first-order valence-electron chi connectivity index (χ1n) is 8.33. The number of carbonyl (C=O) groups excluding carboxylic acids is 1. The highest BCUT2D eigenvalue weighted by Crippen LogP contribution is 2.33. The second-order valence-electron chi connectivity index (χ2n) is 6.17. The van der Waals surface area contributed by atoms with Gasteiger partial charge in [0.1, 0.15) is 0 Å². The van der Waals surface area contributed by atoms with Crippen LogP contribution in [0.2, 0.25) is 0 Å². The van der Waals surface area contributed by atoms with Gasteiger partial charge >= 0.3 is 6.03 Å². The van der Waals surface area contributed by atoms with Gasteiger partial charge in [-0.3, -0.25) is 0 Å². The number of aromatic nitrogens is 1. The summed E-state index contributed by atoms with van der Waals surface area (Å²) < 4.78 is 0. The Morgan fingerprint density at radius 2 is 2.08 bits per heavy atom. The lowest BCUT2D eigenvalue weighted by molar-refractivity contribution is 0.207. The number of benzene rings is 1. The number of rotatable bonds is 3. The Morgan fingerprint density at radius 3 is 2.76 bits per heavy atom. The SMILES string of the molecule is Cc1nc(-c2ccc(NC(=O)N3CCCC3c3ccsc3)cc2)cs1. The minimum Gasteiger partial charge on any atom is -0.317 e. The Kier molecular flexibility index (Phi) is 4.55. The van der Waals surface area contributed by atoms with E-state index in [2.05, 4.69) is 32.5 Å². The van der Waals surface area contributed by atoms with Crippen LogP contribution in [0.25, 0.3) is 11.3 Å². The number of anilines is 1. The van der Waals surface area contributed by atoms with Crippen molar-refractivity contribution in [3.05, 3.63) is 57.0 Å². The van der Waals surface area contributed by atoms with Gasteiger partial charge in [0, 0.05) is 23.2 Å². The van der Waals surface area contributed by atoms with Crippen LogP contribution in [0.3, 0.4) is 0 Å². The first-order valence-corrected chi connectivity index (χ1v) is 10.2. The molecule has 1 aliphatic heterocycles. The van der Waals surface area contributed by atoms with Crippen LogP contribution >= 0.6 is 22.7 Å². The summed E-state index contributed by atoms with van der Waals surface area (Å²) in [5.41, 5.74) is 4.11. The number of thiophene rings is 1. The van der Waals surface area contributed by atoms with E-state index in [1.165, 1.54) is 5.56 Å². The van der Waals surface area contributed by atoms with E-state index in [0.717, 1.165) is 41.3 Å². The summed E-state index contributed by atoms with van der Waals surface area (Å²) in [4.78, 5) is 19.1. The average Bonchev–Trinajstić information content (AvgIpc) is 3.36. The molecule has 3 aromatic rings. The molecule has 128 valence electrons. The molecule has 4 nitrogen and oxygen atoms in total. The maximum Gasteiger partial charge on any atom is 0.322 e. The van der Waals surface area contributed by atoms with E-state index in [9.17, 15) is 4.79 Å². The molecule has 4 rings (SSSR count). The maximum absolute atomic E-state index is 12.7. The molecule has 1 saturated heterocycles. The van der Waals surface area contributed by atoms with Crippen LogP contribution in [-0.2, 0) is 0 Å². The zero-order valence-electron chi connectivity index (χ0n) is 13.9. The molecule has 1 aliphatic rings. The van der Waals surface area contributed by atoms with Gasteiger partial charge < -0.3 is 10.2 Å². The topological polar surface area (TPSA) is 45.2 Å². The molecule has 25 heavy (non-hydrogen) atoms.